The van der Waals surface area contributed by atoms with Crippen LogP contribution in [0.1, 0.15) is 0 Å². The van der Waals surface area contributed by atoms with Gasteiger partial charge in [-0.1, -0.05) is 164 Å². The summed E-state index contributed by atoms with van der Waals surface area (Å²) in [7, 11) is 0. The molecular weight excluding hydrogens is 753 g/mol. The summed E-state index contributed by atoms with van der Waals surface area (Å²) in [4.78, 5) is 10.5. The molecule has 0 spiro atoms. The number of para-hydroxylation sites is 2. The number of hydrogen-bond acceptors (Lipinski definition) is 2. The molecule has 0 bridgehead atoms. The highest BCUT2D eigenvalue weighted by molar-refractivity contribution is 6.22. The molecule has 0 saturated heterocycles. The first-order chi connectivity index (χ1) is 30.7. The van der Waals surface area contributed by atoms with Gasteiger partial charge in [-0.05, 0) is 98.4 Å². The van der Waals surface area contributed by atoms with Gasteiger partial charge in [-0.25, -0.2) is 9.97 Å². The van der Waals surface area contributed by atoms with Crippen molar-refractivity contribution in [3.63, 3.8) is 0 Å². The fraction of sp³-hybridized carbons (Fsp3) is 0. The van der Waals surface area contributed by atoms with E-state index < -0.39 is 0 Å². The number of hydrogen-bond donors (Lipinski definition) is 0. The van der Waals surface area contributed by atoms with Gasteiger partial charge in [-0.2, -0.15) is 0 Å². The van der Waals surface area contributed by atoms with E-state index in [0.29, 0.717) is 5.95 Å². The average molecular weight is 789 g/mol. The molecule has 0 atom stereocenters. The first-order valence-electron chi connectivity index (χ1n) is 21.2. The van der Waals surface area contributed by atoms with Gasteiger partial charge in [-0.15, -0.1) is 0 Å². The standard InChI is InChI=1S/C58H36N4/c1-2-15-40(16-3-1)57-48-21-8-10-23-51(48)59-58(60-57)62-52-24-11-9-20-47(52)49-35-41(28-32-53(49)62)42-29-33-54-50(36-42)56-46-19-7-5-14-38(46)27-34-55(56)61(54)43-30-25-39(26-31-43)45-22-12-17-37-13-4-6-18-44(37)45/h1-36H. The molecule has 0 saturated carbocycles. The summed E-state index contributed by atoms with van der Waals surface area (Å²) in [6.07, 6.45) is 0. The molecule has 10 aromatic carbocycles. The molecule has 62 heavy (non-hydrogen) atoms. The van der Waals surface area contributed by atoms with Gasteiger partial charge >= 0.3 is 0 Å². The molecule has 0 aliphatic carbocycles. The number of fused-ring (bicyclic) bond motifs is 10. The van der Waals surface area contributed by atoms with Crippen molar-refractivity contribution in [2.45, 2.75) is 0 Å². The van der Waals surface area contributed by atoms with Crippen LogP contribution in [-0.4, -0.2) is 19.1 Å². The van der Waals surface area contributed by atoms with Crippen LogP contribution in [-0.2, 0) is 0 Å². The molecule has 4 nitrogen and oxygen atoms in total. The predicted molar refractivity (Wildman–Crippen MR) is 260 cm³/mol. The quantitative estimate of drug-likeness (QED) is 0.174. The minimum Gasteiger partial charge on any atom is -0.309 e. The molecule has 0 radical (unpaired) electrons. The molecule has 0 amide bonds. The van der Waals surface area contributed by atoms with E-state index in [1.807, 2.05) is 12.1 Å². The Balaban J connectivity index is 0.983. The van der Waals surface area contributed by atoms with Gasteiger partial charge in [0.25, 0.3) is 0 Å². The van der Waals surface area contributed by atoms with Gasteiger partial charge < -0.3 is 4.57 Å². The topological polar surface area (TPSA) is 35.6 Å². The zero-order chi connectivity index (χ0) is 40.7. The molecule has 13 rings (SSSR count). The second kappa shape index (κ2) is 13.6. The van der Waals surface area contributed by atoms with Crippen LogP contribution in [0.25, 0.3) is 121 Å². The molecular formula is C58H36N4. The van der Waals surface area contributed by atoms with Crippen molar-refractivity contribution in [1.29, 1.82) is 0 Å². The Bertz CT molecular complexity index is 3910. The van der Waals surface area contributed by atoms with E-state index >= 15 is 0 Å². The monoisotopic (exact) mass is 788 g/mol. The van der Waals surface area contributed by atoms with Gasteiger partial charge in [0.15, 0.2) is 0 Å². The van der Waals surface area contributed by atoms with Gasteiger partial charge in [0, 0.05) is 38.2 Å². The number of aromatic nitrogens is 4. The molecule has 13 aromatic rings. The first kappa shape index (κ1) is 34.5. The Labute approximate surface area is 357 Å². The van der Waals surface area contributed by atoms with E-state index in [1.165, 1.54) is 60.0 Å². The van der Waals surface area contributed by atoms with Crippen LogP contribution in [0.5, 0.6) is 0 Å². The van der Waals surface area contributed by atoms with Gasteiger partial charge in [0.2, 0.25) is 5.95 Å². The maximum Gasteiger partial charge on any atom is 0.235 e. The van der Waals surface area contributed by atoms with Crippen LogP contribution in [0.15, 0.2) is 218 Å². The molecule has 3 aromatic heterocycles. The highest BCUT2D eigenvalue weighted by Crippen LogP contribution is 2.41. The normalized spacial score (nSPS) is 11.9. The van der Waals surface area contributed by atoms with E-state index in [1.54, 1.807) is 0 Å². The molecule has 288 valence electrons. The minimum absolute atomic E-state index is 0.660. The van der Waals surface area contributed by atoms with Crippen molar-refractivity contribution in [3.05, 3.63) is 218 Å². The Hall–Kier alpha value is -8.34. The molecule has 3 heterocycles. The lowest BCUT2D eigenvalue weighted by Crippen LogP contribution is -2.03. The smallest absolute Gasteiger partial charge is 0.235 e. The van der Waals surface area contributed by atoms with Gasteiger partial charge in [0.05, 0.1) is 33.3 Å². The highest BCUT2D eigenvalue weighted by atomic mass is 15.2. The molecule has 0 N–H and O–H groups in total. The summed E-state index contributed by atoms with van der Waals surface area (Å²) in [5.74, 6) is 0.660. The van der Waals surface area contributed by atoms with E-state index in [0.717, 1.165) is 55.2 Å². The summed E-state index contributed by atoms with van der Waals surface area (Å²) in [5.41, 5.74) is 13.3. The third-order valence-electron chi connectivity index (χ3n) is 12.7. The maximum absolute atomic E-state index is 5.29. The second-order valence-electron chi connectivity index (χ2n) is 16.2. The van der Waals surface area contributed by atoms with Crippen LogP contribution in [0.2, 0.25) is 0 Å². The lowest BCUT2D eigenvalue weighted by Gasteiger charge is -2.12. The summed E-state index contributed by atoms with van der Waals surface area (Å²) < 4.78 is 4.65. The largest absolute Gasteiger partial charge is 0.309 e. The first-order valence-corrected chi connectivity index (χ1v) is 21.2. The lowest BCUT2D eigenvalue weighted by molar-refractivity contribution is 1.01. The van der Waals surface area contributed by atoms with E-state index in [-0.39, 0.29) is 0 Å². The zero-order valence-electron chi connectivity index (χ0n) is 33.6. The van der Waals surface area contributed by atoms with Crippen LogP contribution in [0.3, 0.4) is 0 Å². The fourth-order valence-electron chi connectivity index (χ4n) is 9.86. The molecule has 0 aliphatic heterocycles. The molecule has 4 heteroatoms. The lowest BCUT2D eigenvalue weighted by atomic mass is 9.98. The molecule has 0 unspecified atom stereocenters. The van der Waals surface area contributed by atoms with Crippen molar-refractivity contribution in [2.24, 2.45) is 0 Å². The van der Waals surface area contributed by atoms with Gasteiger partial charge in [0.1, 0.15) is 0 Å². The second-order valence-corrected chi connectivity index (χ2v) is 16.2. The third kappa shape index (κ3) is 5.27. The van der Waals surface area contributed by atoms with Crippen LogP contribution >= 0.6 is 0 Å². The maximum atomic E-state index is 5.29. The van der Waals surface area contributed by atoms with E-state index in [4.69, 9.17) is 9.97 Å². The molecule has 0 fully saturated rings. The highest BCUT2D eigenvalue weighted by Gasteiger charge is 2.20. The summed E-state index contributed by atoms with van der Waals surface area (Å²) in [6, 6.07) is 78.7. The van der Waals surface area contributed by atoms with Crippen molar-refractivity contribution in [1.82, 2.24) is 19.1 Å². The van der Waals surface area contributed by atoms with Gasteiger partial charge in [-0.3, -0.25) is 4.57 Å². The number of benzene rings is 10. The number of rotatable bonds is 5. The Morgan fingerprint density at radius 2 is 0.887 bits per heavy atom. The van der Waals surface area contributed by atoms with Crippen molar-refractivity contribution >= 4 is 76.1 Å². The fourth-order valence-corrected chi connectivity index (χ4v) is 9.86. The predicted octanol–water partition coefficient (Wildman–Crippen LogP) is 15.1. The third-order valence-corrected chi connectivity index (χ3v) is 12.7. The Morgan fingerprint density at radius 1 is 0.306 bits per heavy atom. The average Bonchev–Trinajstić information content (AvgIpc) is 3.86. The minimum atomic E-state index is 0.660. The summed E-state index contributed by atoms with van der Waals surface area (Å²) in [5, 5.41) is 10.9. The van der Waals surface area contributed by atoms with E-state index in [2.05, 4.69) is 215 Å². The van der Waals surface area contributed by atoms with Crippen molar-refractivity contribution < 1.29 is 0 Å². The SMILES string of the molecule is c1ccc(-c2nc(-n3c4ccccc4c4cc(-c5ccc6c(c5)c5c7ccccc7ccc5n6-c5ccc(-c6cccc7ccccc67)cc5)ccc43)nc3ccccc23)cc1. The summed E-state index contributed by atoms with van der Waals surface area (Å²) in [6.45, 7) is 0. The summed E-state index contributed by atoms with van der Waals surface area (Å²) >= 11 is 0. The van der Waals surface area contributed by atoms with Crippen LogP contribution in [0.4, 0.5) is 0 Å². The molecule has 0 aliphatic rings. The van der Waals surface area contributed by atoms with Crippen molar-refractivity contribution in [3.8, 4) is 45.1 Å². The van der Waals surface area contributed by atoms with E-state index in [9.17, 15) is 0 Å². The van der Waals surface area contributed by atoms with Crippen LogP contribution in [0, 0.1) is 0 Å². The zero-order valence-corrected chi connectivity index (χ0v) is 33.6. The Morgan fingerprint density at radius 3 is 1.69 bits per heavy atom. The Kier molecular flexibility index (Phi) is 7.57. The van der Waals surface area contributed by atoms with Crippen LogP contribution < -0.4 is 0 Å². The number of nitrogens with zero attached hydrogens (tertiary/aromatic N) is 4. The van der Waals surface area contributed by atoms with Crippen molar-refractivity contribution in [2.75, 3.05) is 0 Å².